The molecule has 0 spiro atoms. The largest absolute Gasteiger partial charge is 0.398 e. The van der Waals surface area contributed by atoms with Gasteiger partial charge in [-0.1, -0.05) is 0 Å². The molecule has 0 saturated carbocycles. The second kappa shape index (κ2) is 5.92. The van der Waals surface area contributed by atoms with E-state index in [-0.39, 0.29) is 5.78 Å². The third kappa shape index (κ3) is 3.87. The Morgan fingerprint density at radius 3 is 2.69 bits per heavy atom. The summed E-state index contributed by atoms with van der Waals surface area (Å²) in [6.07, 6.45) is 0. The number of ketones is 1. The van der Waals surface area contributed by atoms with Crippen LogP contribution in [0.25, 0.3) is 0 Å². The van der Waals surface area contributed by atoms with Gasteiger partial charge in [-0.15, -0.1) is 11.8 Å². The number of carbonyl (C=O) groups excluding carboxylic acids is 1. The van der Waals surface area contributed by atoms with Gasteiger partial charge in [0.05, 0.1) is 0 Å². The van der Waals surface area contributed by atoms with Crippen LogP contribution < -0.4 is 5.73 Å². The van der Waals surface area contributed by atoms with Crippen LogP contribution in [0.3, 0.4) is 0 Å². The molecule has 0 atom stereocenters. The standard InChI is InChI=1S/C12H18N2OS/c1-9(15)11-8-10(4-5-12(11)13)16-7-6-14(2)3/h4-5,8H,6-7,13H2,1-3H3. The molecule has 4 heteroatoms. The zero-order chi connectivity index (χ0) is 12.1. The number of anilines is 1. The summed E-state index contributed by atoms with van der Waals surface area (Å²) in [6, 6.07) is 5.63. The maximum atomic E-state index is 11.3. The molecule has 0 fully saturated rings. The summed E-state index contributed by atoms with van der Waals surface area (Å²) in [4.78, 5) is 14.5. The number of Topliss-reactive ketones (excluding diaryl/α,β-unsaturated/α-hetero) is 1. The fourth-order valence-electron chi connectivity index (χ4n) is 1.28. The van der Waals surface area contributed by atoms with Crippen molar-refractivity contribution < 1.29 is 4.79 Å². The van der Waals surface area contributed by atoms with Crippen LogP contribution in [0.2, 0.25) is 0 Å². The van der Waals surface area contributed by atoms with Crippen molar-refractivity contribution in [3.8, 4) is 0 Å². The van der Waals surface area contributed by atoms with Gasteiger partial charge in [0, 0.05) is 28.4 Å². The third-order valence-corrected chi connectivity index (χ3v) is 3.19. The Labute approximate surface area is 101 Å². The predicted molar refractivity (Wildman–Crippen MR) is 70.1 cm³/mol. The molecule has 0 amide bonds. The van der Waals surface area contributed by atoms with E-state index in [0.717, 1.165) is 17.2 Å². The molecule has 88 valence electrons. The summed E-state index contributed by atoms with van der Waals surface area (Å²) >= 11 is 1.74. The van der Waals surface area contributed by atoms with Gasteiger partial charge in [0.1, 0.15) is 0 Å². The summed E-state index contributed by atoms with van der Waals surface area (Å²) < 4.78 is 0. The van der Waals surface area contributed by atoms with Crippen LogP contribution in [0.15, 0.2) is 23.1 Å². The fraction of sp³-hybridized carbons (Fsp3) is 0.417. The second-order valence-electron chi connectivity index (χ2n) is 3.96. The summed E-state index contributed by atoms with van der Waals surface area (Å²) in [7, 11) is 4.09. The molecule has 0 saturated heterocycles. The lowest BCUT2D eigenvalue weighted by Crippen LogP contribution is -2.14. The first-order chi connectivity index (χ1) is 7.50. The minimum atomic E-state index is 0.0209. The maximum Gasteiger partial charge on any atom is 0.161 e. The Hall–Kier alpha value is -1.00. The Bertz CT molecular complexity index is 377. The van der Waals surface area contributed by atoms with Gasteiger partial charge < -0.3 is 10.6 Å². The lowest BCUT2D eigenvalue weighted by molar-refractivity contribution is 0.101. The van der Waals surface area contributed by atoms with Crippen molar-refractivity contribution in [1.82, 2.24) is 4.90 Å². The minimum absolute atomic E-state index is 0.0209. The average Bonchev–Trinajstić information content (AvgIpc) is 2.19. The lowest BCUT2D eigenvalue weighted by atomic mass is 10.1. The first-order valence-electron chi connectivity index (χ1n) is 5.18. The van der Waals surface area contributed by atoms with Gasteiger partial charge >= 0.3 is 0 Å². The maximum absolute atomic E-state index is 11.3. The van der Waals surface area contributed by atoms with Crippen molar-refractivity contribution in [3.63, 3.8) is 0 Å². The highest BCUT2D eigenvalue weighted by molar-refractivity contribution is 7.99. The molecule has 16 heavy (non-hydrogen) atoms. The number of thioether (sulfide) groups is 1. The van der Waals surface area contributed by atoms with Crippen molar-refractivity contribution in [1.29, 1.82) is 0 Å². The van der Waals surface area contributed by atoms with Crippen molar-refractivity contribution in [2.75, 3.05) is 32.1 Å². The molecule has 0 aliphatic heterocycles. The Morgan fingerprint density at radius 2 is 2.12 bits per heavy atom. The van der Waals surface area contributed by atoms with E-state index in [1.165, 1.54) is 0 Å². The number of benzene rings is 1. The summed E-state index contributed by atoms with van der Waals surface area (Å²) in [6.45, 7) is 2.56. The van der Waals surface area contributed by atoms with Gasteiger partial charge in [-0.25, -0.2) is 0 Å². The summed E-state index contributed by atoms with van der Waals surface area (Å²) in [5.74, 6) is 1.03. The number of rotatable bonds is 5. The van der Waals surface area contributed by atoms with Gasteiger partial charge in [0.15, 0.2) is 5.78 Å². The van der Waals surface area contributed by atoms with E-state index in [4.69, 9.17) is 5.73 Å². The number of carbonyl (C=O) groups is 1. The molecule has 3 nitrogen and oxygen atoms in total. The quantitative estimate of drug-likeness (QED) is 0.485. The van der Waals surface area contributed by atoms with E-state index in [2.05, 4.69) is 4.90 Å². The van der Waals surface area contributed by atoms with Crippen LogP contribution in [0.5, 0.6) is 0 Å². The van der Waals surface area contributed by atoms with E-state index in [0.29, 0.717) is 11.3 Å². The van der Waals surface area contributed by atoms with Crippen molar-refractivity contribution in [2.24, 2.45) is 0 Å². The van der Waals surface area contributed by atoms with Crippen molar-refractivity contribution >= 4 is 23.2 Å². The first kappa shape index (κ1) is 13.1. The van der Waals surface area contributed by atoms with Crippen LogP contribution in [-0.2, 0) is 0 Å². The van der Waals surface area contributed by atoms with Crippen LogP contribution in [0.4, 0.5) is 5.69 Å². The molecule has 2 N–H and O–H groups in total. The van der Waals surface area contributed by atoms with Gasteiger partial charge in [0.2, 0.25) is 0 Å². The van der Waals surface area contributed by atoms with Crippen LogP contribution in [-0.4, -0.2) is 37.1 Å². The summed E-state index contributed by atoms with van der Waals surface area (Å²) in [5.41, 5.74) is 6.91. The first-order valence-corrected chi connectivity index (χ1v) is 6.17. The molecule has 0 unspecified atom stereocenters. The molecular weight excluding hydrogens is 220 g/mol. The Balaban J connectivity index is 2.68. The monoisotopic (exact) mass is 238 g/mol. The van der Waals surface area contributed by atoms with Crippen molar-refractivity contribution in [3.05, 3.63) is 23.8 Å². The van der Waals surface area contributed by atoms with Gasteiger partial charge in [-0.3, -0.25) is 4.79 Å². The lowest BCUT2D eigenvalue weighted by Gasteiger charge is -2.09. The molecule has 0 radical (unpaired) electrons. The number of nitrogens with two attached hydrogens (primary N) is 1. The Kier molecular flexibility index (Phi) is 4.83. The molecule has 1 aromatic carbocycles. The van der Waals surface area contributed by atoms with E-state index in [1.54, 1.807) is 24.8 Å². The molecule has 1 rings (SSSR count). The smallest absolute Gasteiger partial charge is 0.161 e. The topological polar surface area (TPSA) is 46.3 Å². The van der Waals surface area contributed by atoms with E-state index < -0.39 is 0 Å². The normalized spacial score (nSPS) is 10.8. The predicted octanol–water partition coefficient (Wildman–Crippen LogP) is 2.13. The highest BCUT2D eigenvalue weighted by Gasteiger charge is 2.06. The SMILES string of the molecule is CC(=O)c1cc(SCCN(C)C)ccc1N. The average molecular weight is 238 g/mol. The Morgan fingerprint density at radius 1 is 1.44 bits per heavy atom. The van der Waals surface area contributed by atoms with E-state index in [1.807, 2.05) is 26.2 Å². The van der Waals surface area contributed by atoms with Crippen LogP contribution >= 0.6 is 11.8 Å². The van der Waals surface area contributed by atoms with E-state index in [9.17, 15) is 4.79 Å². The highest BCUT2D eigenvalue weighted by atomic mass is 32.2. The summed E-state index contributed by atoms with van der Waals surface area (Å²) in [5, 5.41) is 0. The van der Waals surface area contributed by atoms with Gasteiger partial charge in [0.25, 0.3) is 0 Å². The van der Waals surface area contributed by atoms with E-state index >= 15 is 0 Å². The molecule has 0 heterocycles. The molecular formula is C12H18N2OS. The number of hydrogen-bond donors (Lipinski definition) is 1. The number of nitrogens with zero attached hydrogens (tertiary/aromatic N) is 1. The van der Waals surface area contributed by atoms with Crippen molar-refractivity contribution in [2.45, 2.75) is 11.8 Å². The molecule has 0 aliphatic carbocycles. The van der Waals surface area contributed by atoms with Crippen LogP contribution in [0, 0.1) is 0 Å². The molecule has 0 aromatic heterocycles. The van der Waals surface area contributed by atoms with Gasteiger partial charge in [-0.05, 0) is 39.2 Å². The molecule has 0 bridgehead atoms. The zero-order valence-electron chi connectivity index (χ0n) is 9.99. The van der Waals surface area contributed by atoms with Gasteiger partial charge in [-0.2, -0.15) is 0 Å². The number of hydrogen-bond acceptors (Lipinski definition) is 4. The molecule has 1 aromatic rings. The number of nitrogen functional groups attached to an aromatic ring is 1. The highest BCUT2D eigenvalue weighted by Crippen LogP contribution is 2.23. The second-order valence-corrected chi connectivity index (χ2v) is 5.13. The zero-order valence-corrected chi connectivity index (χ0v) is 10.8. The minimum Gasteiger partial charge on any atom is -0.398 e. The fourth-order valence-corrected chi connectivity index (χ4v) is 2.33. The molecule has 0 aliphatic rings. The third-order valence-electron chi connectivity index (χ3n) is 2.21. The van der Waals surface area contributed by atoms with Crippen LogP contribution in [0.1, 0.15) is 17.3 Å².